The predicted octanol–water partition coefficient (Wildman–Crippen LogP) is 2.43. The molecule has 2 unspecified atom stereocenters. The second-order valence-corrected chi connectivity index (χ2v) is 7.57. The van der Waals surface area contributed by atoms with Crippen LogP contribution in [0.1, 0.15) is 51.9 Å². The zero-order valence-corrected chi connectivity index (χ0v) is 14.1. The summed E-state index contributed by atoms with van der Waals surface area (Å²) in [5, 5.41) is 3.39. The third-order valence-electron chi connectivity index (χ3n) is 5.84. The molecular weight excluding hydrogens is 276 g/mol. The molecule has 0 aromatic rings. The van der Waals surface area contributed by atoms with Gasteiger partial charge in [-0.05, 0) is 43.9 Å². The first kappa shape index (κ1) is 16.3. The van der Waals surface area contributed by atoms with Gasteiger partial charge in [0.2, 0.25) is 5.91 Å². The molecule has 22 heavy (non-hydrogen) atoms. The van der Waals surface area contributed by atoms with E-state index in [0.29, 0.717) is 12.0 Å². The summed E-state index contributed by atoms with van der Waals surface area (Å²) in [5.74, 6) is 2.03. The van der Waals surface area contributed by atoms with Crippen LogP contribution in [0.4, 0.5) is 0 Å². The van der Waals surface area contributed by atoms with Gasteiger partial charge in [0.1, 0.15) is 0 Å². The maximum absolute atomic E-state index is 12.5. The number of carbonyl (C=O) groups is 1. The fourth-order valence-corrected chi connectivity index (χ4v) is 4.24. The Kier molecular flexibility index (Phi) is 5.75. The number of carbonyl (C=O) groups excluding carboxylic acids is 1. The van der Waals surface area contributed by atoms with Crippen LogP contribution in [-0.2, 0) is 9.53 Å². The largest absolute Gasteiger partial charge is 0.381 e. The summed E-state index contributed by atoms with van der Waals surface area (Å²) in [6.07, 6.45) is 8.47. The Morgan fingerprint density at radius 1 is 1.18 bits per heavy atom. The monoisotopic (exact) mass is 308 g/mol. The van der Waals surface area contributed by atoms with Crippen molar-refractivity contribution in [3.63, 3.8) is 0 Å². The van der Waals surface area contributed by atoms with Gasteiger partial charge in [-0.2, -0.15) is 0 Å². The van der Waals surface area contributed by atoms with Crippen LogP contribution in [0, 0.1) is 17.8 Å². The van der Waals surface area contributed by atoms with Crippen LogP contribution in [0.5, 0.6) is 0 Å². The third-order valence-corrected chi connectivity index (χ3v) is 5.84. The average molecular weight is 308 g/mol. The molecular formula is C18H32N2O2. The van der Waals surface area contributed by atoms with Gasteiger partial charge >= 0.3 is 0 Å². The number of likely N-dealkylation sites (tertiary alicyclic amines) is 1. The average Bonchev–Trinajstić information content (AvgIpc) is 2.86. The van der Waals surface area contributed by atoms with E-state index in [-0.39, 0.29) is 11.8 Å². The normalized spacial score (nSPS) is 31.1. The molecule has 4 heteroatoms. The molecule has 0 aromatic carbocycles. The van der Waals surface area contributed by atoms with E-state index in [4.69, 9.17) is 4.74 Å². The van der Waals surface area contributed by atoms with Crippen molar-refractivity contribution in [2.24, 2.45) is 17.8 Å². The van der Waals surface area contributed by atoms with Crippen LogP contribution >= 0.6 is 0 Å². The van der Waals surface area contributed by atoms with E-state index >= 15 is 0 Å². The lowest BCUT2D eigenvalue weighted by Crippen LogP contribution is -2.44. The number of amides is 1. The molecule has 1 N–H and O–H groups in total. The maximum Gasteiger partial charge on any atom is 0.223 e. The van der Waals surface area contributed by atoms with Crippen molar-refractivity contribution in [3.05, 3.63) is 0 Å². The Morgan fingerprint density at radius 2 is 1.95 bits per heavy atom. The quantitative estimate of drug-likeness (QED) is 0.819. The van der Waals surface area contributed by atoms with Crippen LogP contribution in [0.3, 0.4) is 0 Å². The number of ether oxygens (including phenoxy) is 1. The Bertz CT molecular complexity index is 364. The summed E-state index contributed by atoms with van der Waals surface area (Å²) >= 11 is 0. The third kappa shape index (κ3) is 4.02. The predicted molar refractivity (Wildman–Crippen MR) is 87.7 cm³/mol. The van der Waals surface area contributed by atoms with Gasteiger partial charge in [0.05, 0.1) is 0 Å². The van der Waals surface area contributed by atoms with Crippen LogP contribution in [0.25, 0.3) is 0 Å². The Morgan fingerprint density at radius 3 is 2.59 bits per heavy atom. The molecule has 2 heterocycles. The van der Waals surface area contributed by atoms with Crippen LogP contribution in [0.2, 0.25) is 0 Å². The molecule has 2 saturated heterocycles. The van der Waals surface area contributed by atoms with Crippen molar-refractivity contribution in [2.45, 2.75) is 57.9 Å². The second-order valence-electron chi connectivity index (χ2n) is 7.57. The lowest BCUT2D eigenvalue weighted by Gasteiger charge is -2.30. The molecule has 1 amide bonds. The summed E-state index contributed by atoms with van der Waals surface area (Å²) < 4.78 is 5.37. The van der Waals surface area contributed by atoms with Crippen molar-refractivity contribution in [3.8, 4) is 0 Å². The van der Waals surface area contributed by atoms with Gasteiger partial charge in [-0.3, -0.25) is 4.79 Å². The zero-order chi connectivity index (χ0) is 15.4. The van der Waals surface area contributed by atoms with E-state index in [1.54, 1.807) is 0 Å². The van der Waals surface area contributed by atoms with Crippen LogP contribution < -0.4 is 5.32 Å². The van der Waals surface area contributed by atoms with Gasteiger partial charge < -0.3 is 15.0 Å². The van der Waals surface area contributed by atoms with E-state index in [1.165, 1.54) is 45.2 Å². The van der Waals surface area contributed by atoms with Gasteiger partial charge in [-0.15, -0.1) is 0 Å². The van der Waals surface area contributed by atoms with Crippen molar-refractivity contribution in [1.29, 1.82) is 0 Å². The molecule has 2 aliphatic heterocycles. The van der Waals surface area contributed by atoms with Gasteiger partial charge in [-0.25, -0.2) is 0 Å². The molecule has 3 rings (SSSR count). The topological polar surface area (TPSA) is 41.6 Å². The van der Waals surface area contributed by atoms with Crippen molar-refractivity contribution in [2.75, 3.05) is 32.8 Å². The first-order valence-electron chi connectivity index (χ1n) is 9.36. The van der Waals surface area contributed by atoms with E-state index in [2.05, 4.69) is 17.1 Å². The first-order valence-corrected chi connectivity index (χ1v) is 9.36. The van der Waals surface area contributed by atoms with Gasteiger partial charge in [0, 0.05) is 44.8 Å². The van der Waals surface area contributed by atoms with E-state index in [9.17, 15) is 4.79 Å². The molecule has 0 radical (unpaired) electrons. The molecule has 126 valence electrons. The lowest BCUT2D eigenvalue weighted by atomic mass is 9.85. The highest BCUT2D eigenvalue weighted by Crippen LogP contribution is 2.30. The number of hydrogen-bond acceptors (Lipinski definition) is 3. The van der Waals surface area contributed by atoms with Gasteiger partial charge in [0.25, 0.3) is 0 Å². The number of nitrogens with one attached hydrogen (secondary N) is 1. The fraction of sp³-hybridized carbons (Fsp3) is 0.944. The number of rotatable bonds is 6. The summed E-state index contributed by atoms with van der Waals surface area (Å²) in [5.41, 5.74) is 0. The lowest BCUT2D eigenvalue weighted by molar-refractivity contribution is -0.128. The van der Waals surface area contributed by atoms with Crippen molar-refractivity contribution < 1.29 is 9.53 Å². The molecule has 4 nitrogen and oxygen atoms in total. The SMILES string of the molecule is CCCC1CN(CC2CCC2)CC1NC(=O)C1CCOCC1. The van der Waals surface area contributed by atoms with Crippen molar-refractivity contribution in [1.82, 2.24) is 10.2 Å². The molecule has 1 aliphatic carbocycles. The molecule has 0 bridgehead atoms. The smallest absolute Gasteiger partial charge is 0.223 e. The van der Waals surface area contributed by atoms with E-state index in [1.807, 2.05) is 0 Å². The second kappa shape index (κ2) is 7.78. The summed E-state index contributed by atoms with van der Waals surface area (Å²) in [7, 11) is 0. The van der Waals surface area contributed by atoms with Crippen molar-refractivity contribution >= 4 is 5.91 Å². The minimum absolute atomic E-state index is 0.178. The first-order chi connectivity index (χ1) is 10.8. The standard InChI is InChI=1S/C18H32N2O2/c1-2-4-16-12-20(11-14-5-3-6-14)13-17(16)19-18(21)15-7-9-22-10-8-15/h14-17H,2-13H2,1H3,(H,19,21). The molecule has 1 saturated carbocycles. The highest BCUT2D eigenvalue weighted by atomic mass is 16.5. The Balaban J connectivity index is 1.51. The fourth-order valence-electron chi connectivity index (χ4n) is 4.24. The summed E-state index contributed by atoms with van der Waals surface area (Å²) in [6.45, 7) is 7.25. The molecule has 3 aliphatic rings. The van der Waals surface area contributed by atoms with Gasteiger partial charge in [0.15, 0.2) is 0 Å². The van der Waals surface area contributed by atoms with Gasteiger partial charge in [-0.1, -0.05) is 19.8 Å². The van der Waals surface area contributed by atoms with Crippen LogP contribution in [0.15, 0.2) is 0 Å². The summed E-state index contributed by atoms with van der Waals surface area (Å²) in [6, 6.07) is 0.371. The molecule has 2 atom stereocenters. The molecule has 3 fully saturated rings. The maximum atomic E-state index is 12.5. The number of nitrogens with zero attached hydrogens (tertiary/aromatic N) is 1. The van der Waals surface area contributed by atoms with E-state index in [0.717, 1.165) is 38.5 Å². The Labute approximate surface area is 135 Å². The zero-order valence-electron chi connectivity index (χ0n) is 14.1. The minimum Gasteiger partial charge on any atom is -0.381 e. The highest BCUT2D eigenvalue weighted by Gasteiger charge is 2.36. The molecule has 0 spiro atoms. The van der Waals surface area contributed by atoms with E-state index < -0.39 is 0 Å². The molecule has 0 aromatic heterocycles. The summed E-state index contributed by atoms with van der Waals surface area (Å²) in [4.78, 5) is 15.1. The van der Waals surface area contributed by atoms with Crippen LogP contribution in [-0.4, -0.2) is 49.7 Å². The Hall–Kier alpha value is -0.610. The number of hydrogen-bond donors (Lipinski definition) is 1. The highest BCUT2D eigenvalue weighted by molar-refractivity contribution is 5.79. The minimum atomic E-state index is 0.178.